The van der Waals surface area contributed by atoms with Gasteiger partial charge in [-0.2, -0.15) is 0 Å². The lowest BCUT2D eigenvalue weighted by molar-refractivity contribution is 0.102. The van der Waals surface area contributed by atoms with E-state index in [-0.39, 0.29) is 5.91 Å². The molecule has 0 bridgehead atoms. The summed E-state index contributed by atoms with van der Waals surface area (Å²) >= 11 is 11.8. The van der Waals surface area contributed by atoms with Crippen molar-refractivity contribution < 1.29 is 4.79 Å². The summed E-state index contributed by atoms with van der Waals surface area (Å²) in [5.41, 5.74) is 4.04. The summed E-state index contributed by atoms with van der Waals surface area (Å²) in [5.74, 6) is 5.42. The zero-order valence-electron chi connectivity index (χ0n) is 10.6. The molecule has 2 rings (SSSR count). The average molecular weight is 311 g/mol. The summed E-state index contributed by atoms with van der Waals surface area (Å²) in [7, 11) is 0. The van der Waals surface area contributed by atoms with Crippen molar-refractivity contribution in [2.75, 3.05) is 10.7 Å². The number of carbonyl (C=O) groups is 1. The number of hydrazine groups is 1. The number of nitrogens with one attached hydrogen (secondary N) is 2. The van der Waals surface area contributed by atoms with Gasteiger partial charge in [-0.15, -0.1) is 0 Å². The zero-order chi connectivity index (χ0) is 14.7. The maximum absolute atomic E-state index is 12.2. The molecule has 2 aromatic rings. The fourth-order valence-corrected chi connectivity index (χ4v) is 2.23. The number of nitrogen functional groups attached to an aromatic ring is 1. The molecule has 7 heteroatoms. The highest BCUT2D eigenvalue weighted by molar-refractivity contribution is 6.35. The van der Waals surface area contributed by atoms with Gasteiger partial charge in [0.1, 0.15) is 5.82 Å². The second-order valence-corrected chi connectivity index (χ2v) is 5.01. The topological polar surface area (TPSA) is 80.0 Å². The highest BCUT2D eigenvalue weighted by Gasteiger charge is 2.09. The van der Waals surface area contributed by atoms with Crippen LogP contribution in [0.4, 0.5) is 11.5 Å². The minimum Gasteiger partial charge on any atom is -0.322 e. The molecule has 1 amide bonds. The number of pyridine rings is 1. The van der Waals surface area contributed by atoms with Gasteiger partial charge in [0.05, 0.1) is 0 Å². The van der Waals surface area contributed by atoms with E-state index in [9.17, 15) is 4.79 Å². The average Bonchev–Trinajstić information content (AvgIpc) is 2.36. The molecule has 4 N–H and O–H groups in total. The summed E-state index contributed by atoms with van der Waals surface area (Å²) < 4.78 is 0. The molecule has 0 aliphatic carbocycles. The van der Waals surface area contributed by atoms with Crippen molar-refractivity contribution in [2.24, 2.45) is 5.84 Å². The molecular weight excluding hydrogens is 299 g/mol. The van der Waals surface area contributed by atoms with E-state index in [1.165, 1.54) is 0 Å². The first-order valence-corrected chi connectivity index (χ1v) is 6.46. The molecule has 20 heavy (non-hydrogen) atoms. The Morgan fingerprint density at radius 1 is 1.15 bits per heavy atom. The molecule has 5 nitrogen and oxygen atoms in total. The minimum absolute atomic E-state index is 0.301. The Balaban J connectivity index is 2.25. The first kappa shape index (κ1) is 14.6. The molecule has 0 aliphatic rings. The molecule has 1 heterocycles. The third-order valence-electron chi connectivity index (χ3n) is 2.48. The second kappa shape index (κ2) is 6.09. The molecule has 0 radical (unpaired) electrons. The number of halogens is 2. The van der Waals surface area contributed by atoms with Gasteiger partial charge in [0.15, 0.2) is 0 Å². The van der Waals surface area contributed by atoms with Gasteiger partial charge in [0, 0.05) is 27.0 Å². The number of hydrogen-bond donors (Lipinski definition) is 3. The normalized spacial score (nSPS) is 10.2. The zero-order valence-corrected chi connectivity index (χ0v) is 12.1. The van der Waals surface area contributed by atoms with Crippen LogP contribution in [-0.2, 0) is 0 Å². The van der Waals surface area contributed by atoms with Crippen molar-refractivity contribution in [2.45, 2.75) is 6.92 Å². The molecule has 0 fully saturated rings. The molecule has 1 aromatic carbocycles. The third kappa shape index (κ3) is 3.60. The summed E-state index contributed by atoms with van der Waals surface area (Å²) in [6.07, 6.45) is 0. The molecule has 104 valence electrons. The van der Waals surface area contributed by atoms with E-state index in [1.54, 1.807) is 37.3 Å². The van der Waals surface area contributed by atoms with Crippen LogP contribution in [-0.4, -0.2) is 10.9 Å². The van der Waals surface area contributed by atoms with Gasteiger partial charge in [-0.25, -0.2) is 10.8 Å². The number of nitrogens with zero attached hydrogens (tertiary/aromatic N) is 1. The summed E-state index contributed by atoms with van der Waals surface area (Å²) in [4.78, 5) is 16.3. The quantitative estimate of drug-likeness (QED) is 0.600. The van der Waals surface area contributed by atoms with E-state index in [1.807, 2.05) is 0 Å². The molecule has 1 aromatic heterocycles. The highest BCUT2D eigenvalue weighted by Crippen LogP contribution is 2.23. The number of benzene rings is 1. The lowest BCUT2D eigenvalue weighted by Gasteiger charge is -2.08. The van der Waals surface area contributed by atoms with Crippen LogP contribution in [0, 0.1) is 6.92 Å². The first-order chi connectivity index (χ1) is 9.47. The predicted molar refractivity (Wildman–Crippen MR) is 81.2 cm³/mol. The van der Waals surface area contributed by atoms with E-state index >= 15 is 0 Å². The van der Waals surface area contributed by atoms with Crippen LogP contribution in [0.25, 0.3) is 0 Å². The van der Waals surface area contributed by atoms with Crippen LogP contribution in [0.3, 0.4) is 0 Å². The van der Waals surface area contributed by atoms with Gasteiger partial charge >= 0.3 is 0 Å². The maximum atomic E-state index is 12.2. The Labute approximate surface area is 126 Å². The van der Waals surface area contributed by atoms with Crippen molar-refractivity contribution in [3.05, 3.63) is 51.6 Å². The van der Waals surface area contributed by atoms with Crippen molar-refractivity contribution in [1.82, 2.24) is 4.98 Å². The maximum Gasteiger partial charge on any atom is 0.255 e. The molecule has 0 unspecified atom stereocenters. The largest absolute Gasteiger partial charge is 0.322 e. The standard InChI is InChI=1S/C13H12Cl2N4O/c1-7-2-8(3-12(17-7)19-16)13(20)18-11-5-9(14)4-10(15)6-11/h2-6H,16H2,1H3,(H,17,19)(H,18,20). The number of rotatable bonds is 3. The smallest absolute Gasteiger partial charge is 0.255 e. The van der Waals surface area contributed by atoms with E-state index in [0.29, 0.717) is 32.8 Å². The Morgan fingerprint density at radius 3 is 2.40 bits per heavy atom. The lowest BCUT2D eigenvalue weighted by atomic mass is 10.2. The Hall–Kier alpha value is -1.82. The Bertz CT molecular complexity index is 641. The van der Waals surface area contributed by atoms with Crippen LogP contribution in [0.2, 0.25) is 10.0 Å². The number of anilines is 2. The van der Waals surface area contributed by atoms with Gasteiger partial charge in [-0.3, -0.25) is 4.79 Å². The lowest BCUT2D eigenvalue weighted by Crippen LogP contribution is -2.15. The highest BCUT2D eigenvalue weighted by atomic mass is 35.5. The third-order valence-corrected chi connectivity index (χ3v) is 2.92. The van der Waals surface area contributed by atoms with Crippen molar-refractivity contribution >= 4 is 40.6 Å². The minimum atomic E-state index is -0.301. The second-order valence-electron chi connectivity index (χ2n) is 4.14. The van der Waals surface area contributed by atoms with E-state index in [4.69, 9.17) is 29.0 Å². The molecule has 0 saturated heterocycles. The summed E-state index contributed by atoms with van der Waals surface area (Å²) in [6.45, 7) is 1.77. The number of aryl methyl sites for hydroxylation is 1. The molecule has 0 aliphatic heterocycles. The fourth-order valence-electron chi connectivity index (χ4n) is 1.70. The van der Waals surface area contributed by atoms with Gasteiger partial charge in [-0.1, -0.05) is 23.2 Å². The van der Waals surface area contributed by atoms with Crippen LogP contribution in [0.15, 0.2) is 30.3 Å². The van der Waals surface area contributed by atoms with Gasteiger partial charge in [-0.05, 0) is 37.3 Å². The number of hydrogen-bond acceptors (Lipinski definition) is 4. The van der Waals surface area contributed by atoms with E-state index in [0.717, 1.165) is 0 Å². The van der Waals surface area contributed by atoms with Crippen molar-refractivity contribution in [1.29, 1.82) is 0 Å². The molecule has 0 atom stereocenters. The van der Waals surface area contributed by atoms with Gasteiger partial charge in [0.25, 0.3) is 5.91 Å². The van der Waals surface area contributed by atoms with E-state index < -0.39 is 0 Å². The predicted octanol–water partition coefficient (Wildman–Crippen LogP) is 3.23. The Kier molecular flexibility index (Phi) is 4.44. The molecule has 0 spiro atoms. The number of nitrogens with two attached hydrogens (primary N) is 1. The van der Waals surface area contributed by atoms with Crippen molar-refractivity contribution in [3.8, 4) is 0 Å². The van der Waals surface area contributed by atoms with Crippen LogP contribution in [0.5, 0.6) is 0 Å². The molecule has 0 saturated carbocycles. The van der Waals surface area contributed by atoms with Gasteiger partial charge in [0.2, 0.25) is 0 Å². The van der Waals surface area contributed by atoms with Crippen molar-refractivity contribution in [3.63, 3.8) is 0 Å². The Morgan fingerprint density at radius 2 is 1.80 bits per heavy atom. The number of aromatic nitrogens is 1. The number of carbonyl (C=O) groups excluding carboxylic acids is 1. The van der Waals surface area contributed by atoms with Crippen LogP contribution >= 0.6 is 23.2 Å². The van der Waals surface area contributed by atoms with Gasteiger partial charge < -0.3 is 10.7 Å². The SMILES string of the molecule is Cc1cc(C(=O)Nc2cc(Cl)cc(Cl)c2)cc(NN)n1. The van der Waals surface area contributed by atoms with Crippen LogP contribution in [0.1, 0.15) is 16.1 Å². The molecular formula is C13H12Cl2N4O. The van der Waals surface area contributed by atoms with Crippen LogP contribution < -0.4 is 16.6 Å². The number of amides is 1. The fraction of sp³-hybridized carbons (Fsp3) is 0.0769. The monoisotopic (exact) mass is 310 g/mol. The van der Waals surface area contributed by atoms with E-state index in [2.05, 4.69) is 15.7 Å². The first-order valence-electron chi connectivity index (χ1n) is 5.70. The summed E-state index contributed by atoms with van der Waals surface area (Å²) in [5, 5.41) is 3.61. The summed E-state index contributed by atoms with van der Waals surface area (Å²) in [6, 6.07) is 8.02.